The van der Waals surface area contributed by atoms with E-state index in [-0.39, 0.29) is 12.6 Å². The van der Waals surface area contributed by atoms with Crippen molar-refractivity contribution in [1.29, 1.82) is 0 Å². The van der Waals surface area contributed by atoms with Crippen molar-refractivity contribution in [3.63, 3.8) is 0 Å². The zero-order chi connectivity index (χ0) is 30.9. The Morgan fingerprint density at radius 3 is 1.28 bits per heavy atom. The quantitative estimate of drug-likeness (QED) is 0.0704. The highest BCUT2D eigenvalue weighted by Crippen LogP contribution is 2.12. The molecule has 12 nitrogen and oxygen atoms in total. The monoisotopic (exact) mass is 617 g/mol. The third-order valence-corrected chi connectivity index (χ3v) is 5.71. The fourth-order valence-corrected chi connectivity index (χ4v) is 3.41. The molecule has 12 heteroatoms. The number of hydrogen-bond acceptors (Lipinski definition) is 12. The van der Waals surface area contributed by atoms with E-state index in [1.54, 1.807) is 12.1 Å². The minimum absolute atomic E-state index is 0.152. The van der Waals surface area contributed by atoms with Gasteiger partial charge in [-0.2, -0.15) is 0 Å². The van der Waals surface area contributed by atoms with Crippen molar-refractivity contribution in [3.05, 3.63) is 24.3 Å². The van der Waals surface area contributed by atoms with Gasteiger partial charge in [-0.3, -0.25) is 4.79 Å². The average molecular weight is 618 g/mol. The maximum atomic E-state index is 11.5. The maximum Gasteiger partial charge on any atom is 0.305 e. The van der Waals surface area contributed by atoms with Crippen LogP contribution in [0, 0.1) is 0 Å². The van der Waals surface area contributed by atoms with E-state index >= 15 is 0 Å². The molecule has 0 spiro atoms. The predicted octanol–water partition coefficient (Wildman–Crippen LogP) is 3.29. The summed E-state index contributed by atoms with van der Waals surface area (Å²) < 4.78 is 54.3. The SMILES string of the molecule is CCCCCCC(=O)OCCOCCOCCOCCOCCOCCOCCOCCOCCOc1ccc(N)cc1. The molecule has 0 atom stereocenters. The maximum absolute atomic E-state index is 11.5. The first-order chi connectivity index (χ1) is 21.2. The molecule has 0 aromatic heterocycles. The van der Waals surface area contributed by atoms with Gasteiger partial charge in [-0.15, -0.1) is 0 Å². The van der Waals surface area contributed by atoms with Crippen molar-refractivity contribution in [2.45, 2.75) is 39.0 Å². The van der Waals surface area contributed by atoms with E-state index in [4.69, 9.17) is 53.1 Å². The largest absolute Gasteiger partial charge is 0.491 e. The van der Waals surface area contributed by atoms with E-state index in [1.165, 1.54) is 0 Å². The van der Waals surface area contributed by atoms with Crippen LogP contribution in [0.3, 0.4) is 0 Å². The molecule has 0 fully saturated rings. The average Bonchev–Trinajstić information content (AvgIpc) is 3.01. The molecule has 2 N–H and O–H groups in total. The third-order valence-electron chi connectivity index (χ3n) is 5.71. The van der Waals surface area contributed by atoms with Gasteiger partial charge >= 0.3 is 5.97 Å². The van der Waals surface area contributed by atoms with E-state index in [9.17, 15) is 4.79 Å². The van der Waals surface area contributed by atoms with Gasteiger partial charge in [0.2, 0.25) is 0 Å². The molecule has 0 unspecified atom stereocenters. The Morgan fingerprint density at radius 2 is 0.884 bits per heavy atom. The molecule has 0 saturated heterocycles. The molecular weight excluding hydrogens is 562 g/mol. The molecule has 0 heterocycles. The minimum atomic E-state index is -0.152. The van der Waals surface area contributed by atoms with Crippen molar-refractivity contribution < 1.29 is 52.2 Å². The predicted molar refractivity (Wildman–Crippen MR) is 163 cm³/mol. The molecule has 43 heavy (non-hydrogen) atoms. The molecule has 0 aliphatic carbocycles. The lowest BCUT2D eigenvalue weighted by Crippen LogP contribution is -2.15. The Morgan fingerprint density at radius 1 is 0.512 bits per heavy atom. The van der Waals surface area contributed by atoms with Crippen LogP contribution in [-0.2, 0) is 47.4 Å². The normalized spacial score (nSPS) is 11.2. The van der Waals surface area contributed by atoms with Gasteiger partial charge in [-0.25, -0.2) is 0 Å². The fraction of sp³-hybridized carbons (Fsp3) is 0.774. The lowest BCUT2D eigenvalue weighted by atomic mass is 10.2. The molecule has 1 aromatic carbocycles. The molecular formula is C31H55NO11. The summed E-state index contributed by atoms with van der Waals surface area (Å²) in [6, 6.07) is 7.26. The molecule has 0 amide bonds. The first-order valence-electron chi connectivity index (χ1n) is 15.5. The van der Waals surface area contributed by atoms with Gasteiger partial charge in [0, 0.05) is 12.1 Å². The molecule has 1 rings (SSSR count). The summed E-state index contributed by atoms with van der Waals surface area (Å²) in [4.78, 5) is 11.5. The molecule has 0 aliphatic heterocycles. The zero-order valence-electron chi connectivity index (χ0n) is 26.1. The van der Waals surface area contributed by atoms with Gasteiger partial charge in [-0.1, -0.05) is 26.2 Å². The lowest BCUT2D eigenvalue weighted by molar-refractivity contribution is -0.145. The Hall–Kier alpha value is -2.03. The van der Waals surface area contributed by atoms with Gasteiger partial charge in [-0.05, 0) is 30.7 Å². The van der Waals surface area contributed by atoms with Gasteiger partial charge in [0.25, 0.3) is 0 Å². The molecule has 250 valence electrons. The van der Waals surface area contributed by atoms with Crippen LogP contribution < -0.4 is 10.5 Å². The Balaban J connectivity index is 1.65. The van der Waals surface area contributed by atoms with Crippen LogP contribution >= 0.6 is 0 Å². The minimum Gasteiger partial charge on any atom is -0.491 e. The van der Waals surface area contributed by atoms with E-state index < -0.39 is 0 Å². The first-order valence-corrected chi connectivity index (χ1v) is 15.5. The summed E-state index contributed by atoms with van der Waals surface area (Å²) >= 11 is 0. The number of ether oxygens (including phenoxy) is 10. The molecule has 1 aromatic rings. The zero-order valence-corrected chi connectivity index (χ0v) is 26.1. The van der Waals surface area contributed by atoms with Gasteiger partial charge in [0.1, 0.15) is 19.0 Å². The van der Waals surface area contributed by atoms with Crippen LogP contribution in [0.5, 0.6) is 5.75 Å². The van der Waals surface area contributed by atoms with Crippen LogP contribution in [0.1, 0.15) is 39.0 Å². The smallest absolute Gasteiger partial charge is 0.305 e. The van der Waals surface area contributed by atoms with Crippen molar-refractivity contribution in [2.24, 2.45) is 0 Å². The number of esters is 1. The van der Waals surface area contributed by atoms with Crippen LogP contribution in [0.2, 0.25) is 0 Å². The lowest BCUT2D eigenvalue weighted by Gasteiger charge is -2.09. The number of carbonyl (C=O) groups excluding carboxylic acids is 1. The Bertz CT molecular complexity index is 724. The van der Waals surface area contributed by atoms with Crippen LogP contribution in [0.4, 0.5) is 5.69 Å². The van der Waals surface area contributed by atoms with Crippen molar-refractivity contribution in [2.75, 3.05) is 125 Å². The number of anilines is 1. The highest BCUT2D eigenvalue weighted by Gasteiger charge is 2.02. The van der Waals surface area contributed by atoms with E-state index in [0.29, 0.717) is 124 Å². The van der Waals surface area contributed by atoms with Crippen molar-refractivity contribution in [3.8, 4) is 5.75 Å². The molecule has 0 saturated carbocycles. The number of hydrogen-bond donors (Lipinski definition) is 1. The molecule has 0 bridgehead atoms. The van der Waals surface area contributed by atoms with Gasteiger partial charge in [0.15, 0.2) is 0 Å². The van der Waals surface area contributed by atoms with E-state index in [2.05, 4.69) is 6.92 Å². The van der Waals surface area contributed by atoms with Crippen molar-refractivity contribution in [1.82, 2.24) is 0 Å². The Kier molecular flexibility index (Phi) is 28.5. The molecule has 0 radical (unpaired) electrons. The van der Waals surface area contributed by atoms with E-state index in [0.717, 1.165) is 31.4 Å². The second-order valence-electron chi connectivity index (χ2n) is 9.35. The number of unbranched alkanes of at least 4 members (excludes halogenated alkanes) is 3. The van der Waals surface area contributed by atoms with Gasteiger partial charge in [0.05, 0.1) is 106 Å². The standard InChI is InChI=1S/C31H55NO11/c1-2-3-4-5-6-31(33)43-28-26-41-24-22-39-20-18-37-16-14-35-12-11-34-13-15-36-17-19-38-21-23-40-25-27-42-30-9-7-29(32)8-10-30/h7-10H,2-6,11-28,32H2,1H3. The number of rotatable bonds is 33. The van der Waals surface area contributed by atoms with Crippen LogP contribution in [0.15, 0.2) is 24.3 Å². The summed E-state index contributed by atoms with van der Waals surface area (Å²) in [5.41, 5.74) is 6.34. The van der Waals surface area contributed by atoms with Gasteiger partial charge < -0.3 is 53.1 Å². The summed E-state index contributed by atoms with van der Waals surface area (Å²) in [6.45, 7) is 10.7. The third kappa shape index (κ3) is 28.5. The van der Waals surface area contributed by atoms with E-state index in [1.807, 2.05) is 12.1 Å². The number of nitrogens with two attached hydrogens (primary N) is 1. The molecule has 0 aliphatic rings. The topological polar surface area (TPSA) is 135 Å². The van der Waals surface area contributed by atoms with Crippen LogP contribution in [-0.4, -0.2) is 125 Å². The second kappa shape index (κ2) is 31.4. The fourth-order valence-electron chi connectivity index (χ4n) is 3.41. The summed E-state index contributed by atoms with van der Waals surface area (Å²) in [7, 11) is 0. The first kappa shape index (κ1) is 39.0. The number of benzene rings is 1. The highest BCUT2D eigenvalue weighted by molar-refractivity contribution is 5.69. The summed E-state index contributed by atoms with van der Waals surface area (Å²) in [6.07, 6.45) is 4.76. The number of carbonyl (C=O) groups is 1. The highest BCUT2D eigenvalue weighted by atomic mass is 16.6. The summed E-state index contributed by atoms with van der Waals surface area (Å²) in [5, 5.41) is 0. The second-order valence-corrected chi connectivity index (χ2v) is 9.35. The number of nitrogen functional groups attached to an aromatic ring is 1. The Labute approximate surface area is 257 Å². The van der Waals surface area contributed by atoms with Crippen LogP contribution in [0.25, 0.3) is 0 Å². The summed E-state index contributed by atoms with van der Waals surface area (Å²) in [5.74, 6) is 0.618. The van der Waals surface area contributed by atoms with Crippen molar-refractivity contribution >= 4 is 11.7 Å².